The summed E-state index contributed by atoms with van der Waals surface area (Å²) in [6, 6.07) is 16.6. The number of para-hydroxylation sites is 1. The third kappa shape index (κ3) is 5.30. The molecule has 2 aromatic carbocycles. The fourth-order valence-electron chi connectivity index (χ4n) is 1.90. The van der Waals surface area contributed by atoms with Crippen LogP contribution in [0.15, 0.2) is 72.1 Å². The molecule has 0 saturated carbocycles. The molecule has 0 unspecified atom stereocenters. The van der Waals surface area contributed by atoms with Gasteiger partial charge in [-0.15, -0.1) is 18.3 Å². The van der Waals surface area contributed by atoms with Crippen LogP contribution in [0.4, 0.5) is 5.69 Å². The number of thioether (sulfide) groups is 1. The van der Waals surface area contributed by atoms with Crippen molar-refractivity contribution in [3.63, 3.8) is 0 Å². The SMILES string of the molecule is C=CCNC(=O)c1ccccc1NC(=O)CSc1ccccc1. The topological polar surface area (TPSA) is 58.2 Å². The Balaban J connectivity index is 1.97. The lowest BCUT2D eigenvalue weighted by Crippen LogP contribution is -2.25. The van der Waals surface area contributed by atoms with Gasteiger partial charge in [-0.3, -0.25) is 9.59 Å². The van der Waals surface area contributed by atoms with Crippen molar-refractivity contribution >= 4 is 29.3 Å². The van der Waals surface area contributed by atoms with Crippen LogP contribution >= 0.6 is 11.8 Å². The van der Waals surface area contributed by atoms with E-state index in [2.05, 4.69) is 17.2 Å². The van der Waals surface area contributed by atoms with Gasteiger partial charge in [-0.2, -0.15) is 0 Å². The van der Waals surface area contributed by atoms with Crippen LogP contribution in [0.2, 0.25) is 0 Å². The Hall–Kier alpha value is -2.53. The first-order chi connectivity index (χ1) is 11.2. The van der Waals surface area contributed by atoms with E-state index < -0.39 is 0 Å². The fourth-order valence-corrected chi connectivity index (χ4v) is 2.62. The first kappa shape index (κ1) is 16.8. The third-order valence-electron chi connectivity index (χ3n) is 2.97. The summed E-state index contributed by atoms with van der Waals surface area (Å²) in [4.78, 5) is 25.2. The zero-order chi connectivity index (χ0) is 16.5. The van der Waals surface area contributed by atoms with E-state index in [4.69, 9.17) is 0 Å². The highest BCUT2D eigenvalue weighted by atomic mass is 32.2. The van der Waals surface area contributed by atoms with Gasteiger partial charge in [0.2, 0.25) is 5.91 Å². The summed E-state index contributed by atoms with van der Waals surface area (Å²) in [6.07, 6.45) is 1.61. The Morgan fingerprint density at radius 2 is 1.74 bits per heavy atom. The van der Waals surface area contributed by atoms with Gasteiger partial charge < -0.3 is 10.6 Å². The van der Waals surface area contributed by atoms with Crippen molar-refractivity contribution < 1.29 is 9.59 Å². The van der Waals surface area contributed by atoms with Crippen molar-refractivity contribution in [2.75, 3.05) is 17.6 Å². The first-order valence-electron chi connectivity index (χ1n) is 7.16. The molecule has 2 amide bonds. The summed E-state index contributed by atoms with van der Waals surface area (Å²) in [5.41, 5.74) is 0.945. The van der Waals surface area contributed by atoms with E-state index in [-0.39, 0.29) is 17.6 Å². The van der Waals surface area contributed by atoms with Gasteiger partial charge in [0.15, 0.2) is 0 Å². The second-order valence-corrected chi connectivity index (χ2v) is 5.74. The molecule has 4 nitrogen and oxygen atoms in total. The average Bonchev–Trinajstić information content (AvgIpc) is 2.59. The molecule has 2 aromatic rings. The second kappa shape index (κ2) is 8.80. The maximum absolute atomic E-state index is 12.1. The highest BCUT2D eigenvalue weighted by Crippen LogP contribution is 2.19. The van der Waals surface area contributed by atoms with Gasteiger partial charge in [0.1, 0.15) is 0 Å². The molecular formula is C18H18N2O2S. The summed E-state index contributed by atoms with van der Waals surface area (Å²) in [5, 5.41) is 5.50. The zero-order valence-corrected chi connectivity index (χ0v) is 13.4. The summed E-state index contributed by atoms with van der Waals surface area (Å²) in [7, 11) is 0. The van der Waals surface area contributed by atoms with Gasteiger partial charge in [-0.05, 0) is 24.3 Å². The number of hydrogen-bond donors (Lipinski definition) is 2. The molecule has 23 heavy (non-hydrogen) atoms. The van der Waals surface area contributed by atoms with Crippen LogP contribution < -0.4 is 10.6 Å². The average molecular weight is 326 g/mol. The van der Waals surface area contributed by atoms with Crippen LogP contribution in [-0.2, 0) is 4.79 Å². The number of hydrogen-bond acceptors (Lipinski definition) is 3. The number of anilines is 1. The van der Waals surface area contributed by atoms with Crippen LogP contribution in [0.25, 0.3) is 0 Å². The summed E-state index contributed by atoms with van der Waals surface area (Å²) in [6.45, 7) is 3.94. The van der Waals surface area contributed by atoms with Gasteiger partial charge >= 0.3 is 0 Å². The molecule has 0 fully saturated rings. The van der Waals surface area contributed by atoms with Crippen molar-refractivity contribution in [2.45, 2.75) is 4.90 Å². The minimum absolute atomic E-state index is 0.150. The normalized spacial score (nSPS) is 9.91. The molecule has 0 aliphatic rings. The predicted octanol–water partition coefficient (Wildman–Crippen LogP) is 3.33. The predicted molar refractivity (Wildman–Crippen MR) is 94.8 cm³/mol. The number of benzene rings is 2. The summed E-state index contributed by atoms with van der Waals surface area (Å²) >= 11 is 1.45. The molecule has 0 saturated heterocycles. The van der Waals surface area contributed by atoms with E-state index in [1.54, 1.807) is 30.3 Å². The Morgan fingerprint density at radius 1 is 1.04 bits per heavy atom. The van der Waals surface area contributed by atoms with Crippen molar-refractivity contribution in [3.05, 3.63) is 72.8 Å². The van der Waals surface area contributed by atoms with Crippen molar-refractivity contribution in [3.8, 4) is 0 Å². The minimum atomic E-state index is -0.239. The molecule has 0 heterocycles. The maximum atomic E-state index is 12.1. The zero-order valence-electron chi connectivity index (χ0n) is 12.6. The molecule has 0 aliphatic carbocycles. The standard InChI is InChI=1S/C18H18N2O2S/c1-2-12-19-18(22)15-10-6-7-11-16(15)20-17(21)13-23-14-8-4-3-5-9-14/h2-11H,1,12-13H2,(H,19,22)(H,20,21). The largest absolute Gasteiger partial charge is 0.349 e. The molecule has 0 spiro atoms. The highest BCUT2D eigenvalue weighted by molar-refractivity contribution is 8.00. The fraction of sp³-hybridized carbons (Fsp3) is 0.111. The van der Waals surface area contributed by atoms with Gasteiger partial charge in [0.25, 0.3) is 5.91 Å². The lowest BCUT2D eigenvalue weighted by Gasteiger charge is -2.10. The van der Waals surface area contributed by atoms with E-state index >= 15 is 0 Å². The molecule has 0 aliphatic heterocycles. The van der Waals surface area contributed by atoms with Gasteiger partial charge in [0, 0.05) is 11.4 Å². The Kier molecular flexibility index (Phi) is 6.44. The van der Waals surface area contributed by atoms with Crippen LogP contribution in [0.3, 0.4) is 0 Å². The van der Waals surface area contributed by atoms with E-state index in [1.807, 2.05) is 30.3 Å². The van der Waals surface area contributed by atoms with Crippen LogP contribution in [0, 0.1) is 0 Å². The molecule has 0 aromatic heterocycles. The summed E-state index contributed by atoms with van der Waals surface area (Å²) < 4.78 is 0. The monoisotopic (exact) mass is 326 g/mol. The molecule has 0 atom stereocenters. The van der Waals surface area contributed by atoms with Gasteiger partial charge in [0.05, 0.1) is 17.0 Å². The Morgan fingerprint density at radius 3 is 2.48 bits per heavy atom. The number of carbonyl (C=O) groups is 2. The van der Waals surface area contributed by atoms with E-state index in [0.717, 1.165) is 4.90 Å². The van der Waals surface area contributed by atoms with Crippen LogP contribution in [-0.4, -0.2) is 24.1 Å². The smallest absolute Gasteiger partial charge is 0.253 e. The molecule has 0 bridgehead atoms. The van der Waals surface area contributed by atoms with Gasteiger partial charge in [-0.25, -0.2) is 0 Å². The highest BCUT2D eigenvalue weighted by Gasteiger charge is 2.12. The van der Waals surface area contributed by atoms with Gasteiger partial charge in [-0.1, -0.05) is 36.4 Å². The molecule has 0 radical (unpaired) electrons. The Labute approximate surface area is 140 Å². The molecular weight excluding hydrogens is 308 g/mol. The lowest BCUT2D eigenvalue weighted by atomic mass is 10.1. The van der Waals surface area contributed by atoms with E-state index in [9.17, 15) is 9.59 Å². The third-order valence-corrected chi connectivity index (χ3v) is 3.98. The first-order valence-corrected chi connectivity index (χ1v) is 8.15. The number of rotatable bonds is 7. The molecule has 5 heteroatoms. The van der Waals surface area contributed by atoms with Crippen LogP contribution in [0.1, 0.15) is 10.4 Å². The van der Waals surface area contributed by atoms with Crippen LogP contribution in [0.5, 0.6) is 0 Å². The maximum Gasteiger partial charge on any atom is 0.253 e. The molecule has 118 valence electrons. The Bertz CT molecular complexity index is 686. The van der Waals surface area contributed by atoms with Crippen molar-refractivity contribution in [1.29, 1.82) is 0 Å². The number of carbonyl (C=O) groups excluding carboxylic acids is 2. The number of nitrogens with one attached hydrogen (secondary N) is 2. The lowest BCUT2D eigenvalue weighted by molar-refractivity contribution is -0.113. The quantitative estimate of drug-likeness (QED) is 0.606. The minimum Gasteiger partial charge on any atom is -0.349 e. The van der Waals surface area contributed by atoms with E-state index in [1.165, 1.54) is 11.8 Å². The molecule has 2 N–H and O–H groups in total. The number of amides is 2. The molecule has 2 rings (SSSR count). The summed E-state index contributed by atoms with van der Waals surface area (Å²) in [5.74, 6) is -0.105. The van der Waals surface area contributed by atoms with E-state index in [0.29, 0.717) is 17.8 Å². The second-order valence-electron chi connectivity index (χ2n) is 4.69. The van der Waals surface area contributed by atoms with Crippen molar-refractivity contribution in [2.24, 2.45) is 0 Å². The van der Waals surface area contributed by atoms with Crippen molar-refractivity contribution in [1.82, 2.24) is 5.32 Å².